The predicted molar refractivity (Wildman–Crippen MR) is 115 cm³/mol. The lowest BCUT2D eigenvalue weighted by Crippen LogP contribution is -2.52. The summed E-state index contributed by atoms with van der Waals surface area (Å²) in [5, 5.41) is 6.16. The number of aryl methyl sites for hydroxylation is 1. The van der Waals surface area contributed by atoms with E-state index >= 15 is 0 Å². The number of carbonyl (C=O) groups excluding carboxylic acids is 3. The minimum atomic E-state index is -0.708. The molecule has 5 nitrogen and oxygen atoms in total. The van der Waals surface area contributed by atoms with Crippen LogP contribution in [-0.4, -0.2) is 30.2 Å². The zero-order valence-electron chi connectivity index (χ0n) is 16.7. The second kappa shape index (κ2) is 11.4. The molecule has 2 rings (SSSR count). The van der Waals surface area contributed by atoms with Gasteiger partial charge in [0.1, 0.15) is 12.3 Å². The van der Waals surface area contributed by atoms with Gasteiger partial charge in [-0.15, -0.1) is 0 Å². The van der Waals surface area contributed by atoms with E-state index in [1.54, 1.807) is 6.07 Å². The minimum Gasteiger partial charge on any atom is -0.344 e. The summed E-state index contributed by atoms with van der Waals surface area (Å²) < 4.78 is 0. The lowest BCUT2D eigenvalue weighted by atomic mass is 10.0. The molecular formula is C23H27ClN2O3. The fourth-order valence-electron chi connectivity index (χ4n) is 3.00. The molecule has 154 valence electrons. The first-order valence-electron chi connectivity index (χ1n) is 9.72. The Morgan fingerprint density at radius 1 is 1.00 bits per heavy atom. The fourth-order valence-corrected chi connectivity index (χ4v) is 3.22. The SMILES string of the molecule is CC(C)[C@H](NC(=O)CCc1cccc(Cl)c1)C(=O)NC(C=O)Cc1ccccc1. The monoisotopic (exact) mass is 414 g/mol. The van der Waals surface area contributed by atoms with E-state index in [9.17, 15) is 14.4 Å². The van der Waals surface area contributed by atoms with Crippen molar-refractivity contribution in [3.63, 3.8) is 0 Å². The molecule has 0 aromatic heterocycles. The summed E-state index contributed by atoms with van der Waals surface area (Å²) in [5.41, 5.74) is 1.92. The molecule has 0 aliphatic heterocycles. The molecule has 29 heavy (non-hydrogen) atoms. The number of carbonyl (C=O) groups is 3. The van der Waals surface area contributed by atoms with Crippen LogP contribution in [0.25, 0.3) is 0 Å². The van der Waals surface area contributed by atoms with Gasteiger partial charge in [0.2, 0.25) is 11.8 Å². The van der Waals surface area contributed by atoms with E-state index in [4.69, 9.17) is 11.6 Å². The van der Waals surface area contributed by atoms with Crippen molar-refractivity contribution in [1.82, 2.24) is 10.6 Å². The first-order chi connectivity index (χ1) is 13.9. The molecule has 0 aliphatic carbocycles. The minimum absolute atomic E-state index is 0.117. The normalized spacial score (nSPS) is 12.8. The van der Waals surface area contributed by atoms with E-state index < -0.39 is 12.1 Å². The maximum Gasteiger partial charge on any atom is 0.243 e. The number of rotatable bonds is 10. The average Bonchev–Trinajstić information content (AvgIpc) is 2.70. The molecule has 0 spiro atoms. The Bertz CT molecular complexity index is 824. The van der Waals surface area contributed by atoms with E-state index in [-0.39, 0.29) is 24.2 Å². The number of benzene rings is 2. The fraction of sp³-hybridized carbons (Fsp3) is 0.348. The molecule has 0 radical (unpaired) electrons. The lowest BCUT2D eigenvalue weighted by molar-refractivity contribution is -0.131. The zero-order valence-corrected chi connectivity index (χ0v) is 17.5. The molecule has 0 fully saturated rings. The maximum atomic E-state index is 12.7. The molecule has 0 saturated carbocycles. The molecule has 0 heterocycles. The Morgan fingerprint density at radius 2 is 1.69 bits per heavy atom. The van der Waals surface area contributed by atoms with Crippen LogP contribution in [0.3, 0.4) is 0 Å². The summed E-state index contributed by atoms with van der Waals surface area (Å²) in [6.07, 6.45) is 1.91. The first kappa shape index (κ1) is 22.6. The van der Waals surface area contributed by atoms with E-state index in [1.807, 2.05) is 62.4 Å². The molecule has 2 N–H and O–H groups in total. The van der Waals surface area contributed by atoms with Crippen LogP contribution in [0, 0.1) is 5.92 Å². The maximum absolute atomic E-state index is 12.7. The highest BCUT2D eigenvalue weighted by molar-refractivity contribution is 6.30. The van der Waals surface area contributed by atoms with Crippen LogP contribution in [0.2, 0.25) is 5.02 Å². The molecule has 2 aromatic rings. The summed E-state index contributed by atoms with van der Waals surface area (Å²) in [5.74, 6) is -0.692. The Labute approximate surface area is 176 Å². The number of amides is 2. The third-order valence-electron chi connectivity index (χ3n) is 4.59. The van der Waals surface area contributed by atoms with Crippen molar-refractivity contribution in [2.24, 2.45) is 5.92 Å². The summed E-state index contributed by atoms with van der Waals surface area (Å²) in [7, 11) is 0. The number of nitrogens with one attached hydrogen (secondary N) is 2. The van der Waals surface area contributed by atoms with Crippen molar-refractivity contribution < 1.29 is 14.4 Å². The van der Waals surface area contributed by atoms with Gasteiger partial charge >= 0.3 is 0 Å². The molecular weight excluding hydrogens is 388 g/mol. The van der Waals surface area contributed by atoms with Gasteiger partial charge in [0.15, 0.2) is 0 Å². The van der Waals surface area contributed by atoms with Crippen LogP contribution in [0.1, 0.15) is 31.4 Å². The van der Waals surface area contributed by atoms with Crippen molar-refractivity contribution in [3.05, 3.63) is 70.7 Å². The molecule has 2 atom stereocenters. The number of hydrogen-bond donors (Lipinski definition) is 2. The number of hydrogen-bond acceptors (Lipinski definition) is 3. The van der Waals surface area contributed by atoms with Gasteiger partial charge in [0.25, 0.3) is 0 Å². The van der Waals surface area contributed by atoms with E-state index in [0.717, 1.165) is 17.4 Å². The van der Waals surface area contributed by atoms with Crippen molar-refractivity contribution in [2.75, 3.05) is 0 Å². The summed E-state index contributed by atoms with van der Waals surface area (Å²) in [4.78, 5) is 36.5. The molecule has 1 unspecified atom stereocenters. The van der Waals surface area contributed by atoms with Crippen LogP contribution in [0.5, 0.6) is 0 Å². The predicted octanol–water partition coefficient (Wildman–Crippen LogP) is 3.34. The van der Waals surface area contributed by atoms with Crippen molar-refractivity contribution in [1.29, 1.82) is 0 Å². The largest absolute Gasteiger partial charge is 0.344 e. The Hall–Kier alpha value is -2.66. The molecule has 0 aliphatic rings. The Balaban J connectivity index is 1.92. The molecule has 0 saturated heterocycles. The van der Waals surface area contributed by atoms with Crippen LogP contribution in [0.4, 0.5) is 0 Å². The molecule has 0 bridgehead atoms. The van der Waals surface area contributed by atoms with E-state index in [1.165, 1.54) is 0 Å². The van der Waals surface area contributed by atoms with Gasteiger partial charge in [-0.2, -0.15) is 0 Å². The summed E-state index contributed by atoms with van der Waals surface area (Å²) >= 11 is 5.97. The Kier molecular flexibility index (Phi) is 8.87. The molecule has 2 amide bonds. The van der Waals surface area contributed by atoms with Crippen LogP contribution in [0.15, 0.2) is 54.6 Å². The quantitative estimate of drug-likeness (QED) is 0.585. The van der Waals surface area contributed by atoms with Gasteiger partial charge in [0, 0.05) is 11.4 Å². The van der Waals surface area contributed by atoms with Gasteiger partial charge in [0.05, 0.1) is 6.04 Å². The topological polar surface area (TPSA) is 75.3 Å². The van der Waals surface area contributed by atoms with E-state index in [0.29, 0.717) is 17.9 Å². The van der Waals surface area contributed by atoms with Gasteiger partial charge in [-0.25, -0.2) is 0 Å². The Morgan fingerprint density at radius 3 is 2.31 bits per heavy atom. The van der Waals surface area contributed by atoms with E-state index in [2.05, 4.69) is 10.6 Å². The van der Waals surface area contributed by atoms with Gasteiger partial charge in [-0.3, -0.25) is 9.59 Å². The highest BCUT2D eigenvalue weighted by Crippen LogP contribution is 2.12. The van der Waals surface area contributed by atoms with Gasteiger partial charge in [-0.05, 0) is 42.0 Å². The third kappa shape index (κ3) is 7.70. The van der Waals surface area contributed by atoms with Crippen LogP contribution < -0.4 is 10.6 Å². The molecule has 2 aromatic carbocycles. The number of halogens is 1. The average molecular weight is 415 g/mol. The summed E-state index contributed by atoms with van der Waals surface area (Å²) in [6, 6.07) is 15.5. The van der Waals surface area contributed by atoms with Crippen LogP contribution >= 0.6 is 11.6 Å². The highest BCUT2D eigenvalue weighted by Gasteiger charge is 2.26. The second-order valence-corrected chi connectivity index (χ2v) is 7.80. The van der Waals surface area contributed by atoms with Crippen LogP contribution in [-0.2, 0) is 27.2 Å². The lowest BCUT2D eigenvalue weighted by Gasteiger charge is -2.23. The smallest absolute Gasteiger partial charge is 0.243 e. The highest BCUT2D eigenvalue weighted by atomic mass is 35.5. The second-order valence-electron chi connectivity index (χ2n) is 7.36. The third-order valence-corrected chi connectivity index (χ3v) is 4.82. The van der Waals surface area contributed by atoms with Gasteiger partial charge < -0.3 is 15.4 Å². The van der Waals surface area contributed by atoms with Crippen molar-refractivity contribution in [3.8, 4) is 0 Å². The standard InChI is InChI=1S/C23H27ClN2O3/c1-16(2)22(26-21(28)12-11-18-9-6-10-19(24)13-18)23(29)25-20(15-27)14-17-7-4-3-5-8-17/h3-10,13,15-16,20,22H,11-12,14H2,1-2H3,(H,25,29)(H,26,28)/t20?,22-/m0/s1. The first-order valence-corrected chi connectivity index (χ1v) is 10.1. The van der Waals surface area contributed by atoms with Gasteiger partial charge in [-0.1, -0.05) is 67.9 Å². The molecule has 6 heteroatoms. The number of aldehydes is 1. The zero-order chi connectivity index (χ0) is 21.2. The van der Waals surface area contributed by atoms with Crippen molar-refractivity contribution >= 4 is 29.7 Å². The summed E-state index contributed by atoms with van der Waals surface area (Å²) in [6.45, 7) is 3.71. The van der Waals surface area contributed by atoms with Crippen molar-refractivity contribution in [2.45, 2.75) is 45.2 Å².